The highest BCUT2D eigenvalue weighted by molar-refractivity contribution is 6.05. The number of benzene rings is 2. The molecule has 0 radical (unpaired) electrons. The molecule has 26 heavy (non-hydrogen) atoms. The standard InChI is InChI=1S/C19H18FN3O3/c20-16-4-2-1-3-13(16)12-26-14-5-6-17-15(11-14)18-19(25)22(9-10-24)7-8-23(18)21-17/h1-6,11,24H,7-10,12H2. The van der Waals surface area contributed by atoms with Gasteiger partial charge in [-0.2, -0.15) is 5.10 Å². The van der Waals surface area contributed by atoms with Gasteiger partial charge in [0, 0.05) is 24.0 Å². The summed E-state index contributed by atoms with van der Waals surface area (Å²) in [7, 11) is 0. The van der Waals surface area contributed by atoms with Crippen LogP contribution in [-0.2, 0) is 13.2 Å². The highest BCUT2D eigenvalue weighted by Gasteiger charge is 2.28. The Morgan fingerprint density at radius 1 is 1.19 bits per heavy atom. The lowest BCUT2D eigenvalue weighted by Crippen LogP contribution is -2.41. The number of carbonyl (C=O) groups is 1. The maximum Gasteiger partial charge on any atom is 0.272 e. The van der Waals surface area contributed by atoms with E-state index in [2.05, 4.69) is 5.10 Å². The number of hydrogen-bond acceptors (Lipinski definition) is 4. The second kappa shape index (κ2) is 6.76. The Bertz CT molecular complexity index is 970. The van der Waals surface area contributed by atoms with E-state index in [0.717, 1.165) is 0 Å². The van der Waals surface area contributed by atoms with Crippen molar-refractivity contribution in [1.29, 1.82) is 0 Å². The Kier molecular flexibility index (Phi) is 4.30. The first-order valence-electron chi connectivity index (χ1n) is 8.44. The van der Waals surface area contributed by atoms with Crippen LogP contribution < -0.4 is 4.74 Å². The van der Waals surface area contributed by atoms with Gasteiger partial charge in [0.15, 0.2) is 0 Å². The molecule has 1 aromatic heterocycles. The molecule has 4 rings (SSSR count). The number of carbonyl (C=O) groups excluding carboxylic acids is 1. The number of hydrogen-bond donors (Lipinski definition) is 1. The van der Waals surface area contributed by atoms with Crippen molar-refractivity contribution >= 4 is 16.8 Å². The Morgan fingerprint density at radius 3 is 2.85 bits per heavy atom. The predicted molar refractivity (Wildman–Crippen MR) is 93.5 cm³/mol. The van der Waals surface area contributed by atoms with Crippen LogP contribution in [0.4, 0.5) is 4.39 Å². The molecule has 7 heteroatoms. The Balaban J connectivity index is 1.63. The van der Waals surface area contributed by atoms with Crippen LogP contribution in [0.5, 0.6) is 5.75 Å². The summed E-state index contributed by atoms with van der Waals surface area (Å²) >= 11 is 0. The number of aliphatic hydroxyl groups excluding tert-OH is 1. The number of halogens is 1. The average molecular weight is 355 g/mol. The number of rotatable bonds is 5. The molecule has 0 saturated carbocycles. The monoisotopic (exact) mass is 355 g/mol. The third-order valence-corrected chi connectivity index (χ3v) is 4.50. The molecule has 3 aromatic rings. The highest BCUT2D eigenvalue weighted by Crippen LogP contribution is 2.27. The van der Waals surface area contributed by atoms with Gasteiger partial charge in [0.2, 0.25) is 0 Å². The van der Waals surface area contributed by atoms with Crippen molar-refractivity contribution in [2.75, 3.05) is 19.7 Å². The summed E-state index contributed by atoms with van der Waals surface area (Å²) in [5.74, 6) is 0.0778. The van der Waals surface area contributed by atoms with Crippen molar-refractivity contribution < 1.29 is 19.0 Å². The molecule has 0 bridgehead atoms. The third kappa shape index (κ3) is 2.90. The molecular formula is C19H18FN3O3. The lowest BCUT2D eigenvalue weighted by atomic mass is 10.1. The van der Waals surface area contributed by atoms with E-state index < -0.39 is 0 Å². The maximum atomic E-state index is 13.7. The van der Waals surface area contributed by atoms with Crippen LogP contribution >= 0.6 is 0 Å². The Hall–Kier alpha value is -2.93. The van der Waals surface area contributed by atoms with Crippen LogP contribution in [0.3, 0.4) is 0 Å². The zero-order valence-electron chi connectivity index (χ0n) is 14.1. The first kappa shape index (κ1) is 16.5. The molecule has 1 amide bonds. The maximum absolute atomic E-state index is 13.7. The number of nitrogens with zero attached hydrogens (tertiary/aromatic N) is 3. The van der Waals surface area contributed by atoms with Gasteiger partial charge in [0.1, 0.15) is 23.9 Å². The van der Waals surface area contributed by atoms with E-state index in [9.17, 15) is 9.18 Å². The second-order valence-corrected chi connectivity index (χ2v) is 6.15. The molecule has 134 valence electrons. The van der Waals surface area contributed by atoms with Gasteiger partial charge >= 0.3 is 0 Å². The molecule has 6 nitrogen and oxygen atoms in total. The molecule has 2 aromatic carbocycles. The smallest absolute Gasteiger partial charge is 0.272 e. The van der Waals surface area contributed by atoms with Gasteiger partial charge in [-0.05, 0) is 24.3 Å². The second-order valence-electron chi connectivity index (χ2n) is 6.15. The first-order chi connectivity index (χ1) is 12.7. The van der Waals surface area contributed by atoms with E-state index in [1.807, 2.05) is 0 Å². The van der Waals surface area contributed by atoms with E-state index in [4.69, 9.17) is 9.84 Å². The SMILES string of the molecule is O=C1c2c3cc(OCc4ccccc4F)ccc3nn2CCN1CCO. The Labute approximate surface area is 149 Å². The van der Waals surface area contributed by atoms with Crippen LogP contribution in [0.15, 0.2) is 42.5 Å². The van der Waals surface area contributed by atoms with E-state index in [-0.39, 0.29) is 24.9 Å². The lowest BCUT2D eigenvalue weighted by molar-refractivity contribution is 0.0664. The summed E-state index contributed by atoms with van der Waals surface area (Å²) in [4.78, 5) is 14.3. The van der Waals surface area contributed by atoms with Gasteiger partial charge in [-0.1, -0.05) is 18.2 Å². The predicted octanol–water partition coefficient (Wildman–Crippen LogP) is 2.20. The molecule has 0 saturated heterocycles. The van der Waals surface area contributed by atoms with Crippen LogP contribution in [0.25, 0.3) is 10.9 Å². The summed E-state index contributed by atoms with van der Waals surface area (Å²) < 4.78 is 21.1. The average Bonchev–Trinajstić information content (AvgIpc) is 3.02. The molecule has 1 aliphatic heterocycles. The molecular weight excluding hydrogens is 337 g/mol. The summed E-state index contributed by atoms with van der Waals surface area (Å²) in [6.07, 6.45) is 0. The number of fused-ring (bicyclic) bond motifs is 3. The number of β-amino-alcohol motifs (C(OH)–C–C–N with tert-alkyl or cyclic N) is 1. The number of aliphatic hydroxyl groups is 1. The van der Waals surface area contributed by atoms with Crippen LogP contribution in [0.1, 0.15) is 16.1 Å². The van der Waals surface area contributed by atoms with Gasteiger partial charge < -0.3 is 14.7 Å². The summed E-state index contributed by atoms with van der Waals surface area (Å²) in [5.41, 5.74) is 1.67. The molecule has 1 aliphatic rings. The minimum Gasteiger partial charge on any atom is -0.489 e. The number of ether oxygens (including phenoxy) is 1. The van der Waals surface area contributed by atoms with Crippen molar-refractivity contribution in [3.63, 3.8) is 0 Å². The van der Waals surface area contributed by atoms with E-state index in [1.165, 1.54) is 6.07 Å². The molecule has 0 atom stereocenters. The summed E-state index contributed by atoms with van der Waals surface area (Å²) in [6, 6.07) is 11.8. The van der Waals surface area contributed by atoms with Crippen molar-refractivity contribution in [3.05, 3.63) is 59.5 Å². The largest absolute Gasteiger partial charge is 0.489 e. The van der Waals surface area contributed by atoms with Crippen LogP contribution in [-0.4, -0.2) is 45.4 Å². The molecule has 0 aliphatic carbocycles. The third-order valence-electron chi connectivity index (χ3n) is 4.50. The fourth-order valence-electron chi connectivity index (χ4n) is 3.17. The first-order valence-corrected chi connectivity index (χ1v) is 8.44. The minimum absolute atomic E-state index is 0.0746. The molecule has 0 fully saturated rings. The van der Waals surface area contributed by atoms with E-state index >= 15 is 0 Å². The normalized spacial score (nSPS) is 13.9. The van der Waals surface area contributed by atoms with Gasteiger partial charge in [-0.25, -0.2) is 4.39 Å². The summed E-state index contributed by atoms with van der Waals surface area (Å²) in [5, 5.41) is 14.3. The Morgan fingerprint density at radius 2 is 2.04 bits per heavy atom. The van der Waals surface area contributed by atoms with Gasteiger partial charge in [0.25, 0.3) is 5.91 Å². The van der Waals surface area contributed by atoms with Gasteiger partial charge in [-0.15, -0.1) is 0 Å². The molecule has 1 N–H and O–H groups in total. The van der Waals surface area contributed by atoms with Crippen molar-refractivity contribution in [3.8, 4) is 5.75 Å². The van der Waals surface area contributed by atoms with E-state index in [1.54, 1.807) is 46.0 Å². The zero-order chi connectivity index (χ0) is 18.1. The quantitative estimate of drug-likeness (QED) is 0.762. The van der Waals surface area contributed by atoms with Crippen molar-refractivity contribution in [2.24, 2.45) is 0 Å². The van der Waals surface area contributed by atoms with E-state index in [0.29, 0.717) is 47.5 Å². The topological polar surface area (TPSA) is 67.6 Å². The minimum atomic E-state index is -0.314. The molecule has 0 unspecified atom stereocenters. The zero-order valence-corrected chi connectivity index (χ0v) is 14.1. The fourth-order valence-corrected chi connectivity index (χ4v) is 3.17. The highest BCUT2D eigenvalue weighted by atomic mass is 19.1. The van der Waals surface area contributed by atoms with Crippen LogP contribution in [0, 0.1) is 5.82 Å². The van der Waals surface area contributed by atoms with Crippen molar-refractivity contribution in [2.45, 2.75) is 13.2 Å². The van der Waals surface area contributed by atoms with Crippen LogP contribution in [0.2, 0.25) is 0 Å². The summed E-state index contributed by atoms with van der Waals surface area (Å²) in [6.45, 7) is 1.44. The van der Waals surface area contributed by atoms with Gasteiger partial charge in [-0.3, -0.25) is 9.48 Å². The van der Waals surface area contributed by atoms with Crippen molar-refractivity contribution in [1.82, 2.24) is 14.7 Å². The lowest BCUT2D eigenvalue weighted by Gasteiger charge is -2.26. The number of amides is 1. The molecule has 0 spiro atoms. The number of aromatic nitrogens is 2. The molecule has 2 heterocycles. The van der Waals surface area contributed by atoms with Gasteiger partial charge in [0.05, 0.1) is 18.7 Å². The fraction of sp³-hybridized carbons (Fsp3) is 0.263.